The summed E-state index contributed by atoms with van der Waals surface area (Å²) in [6.45, 7) is 1.60. The van der Waals surface area contributed by atoms with E-state index < -0.39 is 16.7 Å². The van der Waals surface area contributed by atoms with Crippen molar-refractivity contribution in [2.24, 2.45) is 0 Å². The van der Waals surface area contributed by atoms with Crippen molar-refractivity contribution in [3.05, 3.63) is 56.5 Å². The summed E-state index contributed by atoms with van der Waals surface area (Å²) in [5.74, 6) is -1.04. The van der Waals surface area contributed by atoms with E-state index in [0.29, 0.717) is 0 Å². The Morgan fingerprint density at radius 3 is 2.29 bits per heavy atom. The van der Waals surface area contributed by atoms with Crippen molar-refractivity contribution < 1.29 is 24.0 Å². The number of hydrogen-bond donors (Lipinski definition) is 2. The fourth-order valence-electron chi connectivity index (χ4n) is 1.77. The molecule has 0 atom stereocenters. The van der Waals surface area contributed by atoms with Crippen LogP contribution in [0.2, 0.25) is 0 Å². The van der Waals surface area contributed by atoms with Crippen LogP contribution in [0.15, 0.2) is 28.9 Å². The number of hydrogen-bond acceptors (Lipinski definition) is 7. The molecule has 126 valence electrons. The van der Waals surface area contributed by atoms with Gasteiger partial charge in [0.05, 0.1) is 10.1 Å². The minimum atomic E-state index is -0.601. The third-order valence-electron chi connectivity index (χ3n) is 3.07. The average Bonchev–Trinajstić information content (AvgIpc) is 2.90. The third-order valence-corrected chi connectivity index (χ3v) is 3.07. The normalized spacial score (nSPS) is 10.2. The smallest absolute Gasteiger partial charge is 0.308 e. The van der Waals surface area contributed by atoms with Crippen LogP contribution in [0.1, 0.15) is 26.5 Å². The van der Waals surface area contributed by atoms with E-state index in [1.807, 2.05) is 0 Å². The summed E-state index contributed by atoms with van der Waals surface area (Å²) >= 11 is 0. The number of amides is 2. The van der Waals surface area contributed by atoms with E-state index in [-0.39, 0.29) is 40.6 Å². The number of non-ortho nitro benzene ring substituents is 1. The summed E-state index contributed by atoms with van der Waals surface area (Å²) in [6.07, 6.45) is 0. The minimum absolute atomic E-state index is 0.0300. The Morgan fingerprint density at radius 1 is 1.21 bits per heavy atom. The average molecular weight is 335 g/mol. The molecule has 2 N–H and O–H groups in total. The zero-order valence-corrected chi connectivity index (χ0v) is 12.5. The highest BCUT2D eigenvalue weighted by molar-refractivity contribution is 5.94. The third kappa shape index (κ3) is 3.82. The molecular weight excluding hydrogens is 322 g/mol. The lowest BCUT2D eigenvalue weighted by atomic mass is 10.2. The number of nitro groups is 1. The highest BCUT2D eigenvalue weighted by Gasteiger charge is 2.22. The second kappa shape index (κ2) is 7.17. The van der Waals surface area contributed by atoms with E-state index in [1.165, 1.54) is 31.2 Å². The van der Waals surface area contributed by atoms with Crippen molar-refractivity contribution in [1.82, 2.24) is 15.8 Å². The Bertz CT molecular complexity index is 770. The maximum absolute atomic E-state index is 11.8. The van der Waals surface area contributed by atoms with Crippen LogP contribution in [-0.4, -0.2) is 35.0 Å². The summed E-state index contributed by atoms with van der Waals surface area (Å²) in [5.41, 5.74) is 0.0400. The maximum atomic E-state index is 11.8. The van der Waals surface area contributed by atoms with Crippen molar-refractivity contribution in [2.45, 2.75) is 6.92 Å². The standard InChI is InChI=1S/C13H13N5O6/c1-8-11(16-24-18(8)23)13(20)15-7-6-14-12(19)9-2-4-10(5-3-9)17(21)22/h2-5H,6-7H2,1H3,(H,14,19)(H,15,20). The molecule has 2 amide bonds. The largest absolute Gasteiger partial charge is 0.359 e. The molecule has 1 aromatic carbocycles. The molecule has 0 unspecified atom stereocenters. The highest BCUT2D eigenvalue weighted by atomic mass is 16.8. The first kappa shape index (κ1) is 16.9. The van der Waals surface area contributed by atoms with Crippen LogP contribution in [-0.2, 0) is 0 Å². The van der Waals surface area contributed by atoms with E-state index in [1.54, 1.807) is 0 Å². The lowest BCUT2D eigenvalue weighted by Gasteiger charge is -2.05. The molecule has 0 saturated heterocycles. The van der Waals surface area contributed by atoms with Crippen LogP contribution in [0.3, 0.4) is 0 Å². The molecule has 0 aliphatic heterocycles. The molecule has 0 aliphatic carbocycles. The molecule has 0 spiro atoms. The number of aromatic nitrogens is 2. The second-order valence-electron chi connectivity index (χ2n) is 4.68. The van der Waals surface area contributed by atoms with Crippen molar-refractivity contribution in [3.63, 3.8) is 0 Å². The fraction of sp³-hybridized carbons (Fsp3) is 0.231. The Kier molecular flexibility index (Phi) is 5.04. The van der Waals surface area contributed by atoms with Gasteiger partial charge in [-0.3, -0.25) is 24.3 Å². The zero-order chi connectivity index (χ0) is 17.7. The van der Waals surface area contributed by atoms with Crippen molar-refractivity contribution >= 4 is 17.5 Å². The van der Waals surface area contributed by atoms with Gasteiger partial charge < -0.3 is 15.8 Å². The number of carbonyl (C=O) groups is 2. The SMILES string of the molecule is Cc1c(C(=O)NCCNC(=O)c2ccc([N+](=O)[O-])cc2)no[n+]1[O-]. The fourth-order valence-corrected chi connectivity index (χ4v) is 1.77. The van der Waals surface area contributed by atoms with Crippen LogP contribution in [0, 0.1) is 22.2 Å². The maximum Gasteiger partial charge on any atom is 0.308 e. The van der Waals surface area contributed by atoms with Gasteiger partial charge in [0, 0.05) is 37.7 Å². The number of nitro benzene ring substituents is 1. The monoisotopic (exact) mass is 335 g/mol. The van der Waals surface area contributed by atoms with Gasteiger partial charge in [0.2, 0.25) is 5.69 Å². The zero-order valence-electron chi connectivity index (χ0n) is 12.5. The number of nitrogens with zero attached hydrogens (tertiary/aromatic N) is 3. The molecule has 11 heteroatoms. The summed E-state index contributed by atoms with van der Waals surface area (Å²) in [6, 6.07) is 5.11. The molecule has 1 heterocycles. The van der Waals surface area contributed by atoms with Gasteiger partial charge in [-0.15, -0.1) is 0 Å². The van der Waals surface area contributed by atoms with Gasteiger partial charge >= 0.3 is 11.6 Å². The first-order valence-corrected chi connectivity index (χ1v) is 6.77. The molecule has 0 aliphatic rings. The van der Waals surface area contributed by atoms with Crippen molar-refractivity contribution in [3.8, 4) is 0 Å². The van der Waals surface area contributed by atoms with E-state index >= 15 is 0 Å². The molecular formula is C13H13N5O6. The number of rotatable bonds is 6. The van der Waals surface area contributed by atoms with Gasteiger partial charge in [-0.05, 0) is 17.0 Å². The van der Waals surface area contributed by atoms with E-state index in [0.717, 1.165) is 0 Å². The van der Waals surface area contributed by atoms with Gasteiger partial charge in [0.15, 0.2) is 0 Å². The molecule has 1 aromatic heterocycles. The van der Waals surface area contributed by atoms with Crippen molar-refractivity contribution in [1.29, 1.82) is 0 Å². The predicted molar refractivity (Wildman–Crippen MR) is 78.0 cm³/mol. The van der Waals surface area contributed by atoms with Crippen molar-refractivity contribution in [2.75, 3.05) is 13.1 Å². The molecule has 0 radical (unpaired) electrons. The van der Waals surface area contributed by atoms with Gasteiger partial charge in [0.25, 0.3) is 11.6 Å². The van der Waals surface area contributed by atoms with Crippen LogP contribution < -0.4 is 15.5 Å². The van der Waals surface area contributed by atoms with Crippen LogP contribution >= 0.6 is 0 Å². The quantitative estimate of drug-likeness (QED) is 0.317. The van der Waals surface area contributed by atoms with E-state index in [9.17, 15) is 24.9 Å². The molecule has 24 heavy (non-hydrogen) atoms. The second-order valence-corrected chi connectivity index (χ2v) is 4.68. The van der Waals surface area contributed by atoms with Gasteiger partial charge in [0.1, 0.15) is 0 Å². The number of nitrogens with one attached hydrogen (secondary N) is 2. The van der Waals surface area contributed by atoms with Gasteiger partial charge in [-0.1, -0.05) is 0 Å². The molecule has 0 saturated carbocycles. The summed E-state index contributed by atoms with van der Waals surface area (Å²) < 4.78 is 4.28. The van der Waals surface area contributed by atoms with Crippen LogP contribution in [0.5, 0.6) is 0 Å². The lowest BCUT2D eigenvalue weighted by molar-refractivity contribution is -0.806. The van der Waals surface area contributed by atoms with Gasteiger partial charge in [-0.2, -0.15) is 0 Å². The summed E-state index contributed by atoms with van der Waals surface area (Å²) in [7, 11) is 0. The lowest BCUT2D eigenvalue weighted by Crippen LogP contribution is -2.35. The highest BCUT2D eigenvalue weighted by Crippen LogP contribution is 2.11. The Hall–Kier alpha value is -3.50. The molecule has 0 fully saturated rings. The van der Waals surface area contributed by atoms with Crippen LogP contribution in [0.25, 0.3) is 0 Å². The Balaban J connectivity index is 1.79. The molecule has 2 rings (SSSR count). The number of carbonyl (C=O) groups excluding carboxylic acids is 2. The number of benzene rings is 1. The van der Waals surface area contributed by atoms with E-state index in [2.05, 4.69) is 20.4 Å². The van der Waals surface area contributed by atoms with Crippen LogP contribution in [0.4, 0.5) is 5.69 Å². The predicted octanol–water partition coefficient (Wildman–Crippen LogP) is -0.316. The molecule has 11 nitrogen and oxygen atoms in total. The Morgan fingerprint density at radius 2 is 1.79 bits per heavy atom. The minimum Gasteiger partial charge on any atom is -0.359 e. The summed E-state index contributed by atoms with van der Waals surface area (Å²) in [5, 5.41) is 29.9. The molecule has 2 aromatic rings. The first-order chi connectivity index (χ1) is 11.4. The Labute approximate surface area is 134 Å². The van der Waals surface area contributed by atoms with Gasteiger partial charge in [-0.25, -0.2) is 0 Å². The topological polar surface area (TPSA) is 154 Å². The van der Waals surface area contributed by atoms with E-state index in [4.69, 9.17) is 0 Å². The summed E-state index contributed by atoms with van der Waals surface area (Å²) in [4.78, 5) is 33.7. The molecule has 0 bridgehead atoms. The first-order valence-electron chi connectivity index (χ1n) is 6.77.